The van der Waals surface area contributed by atoms with Gasteiger partial charge in [0.1, 0.15) is 0 Å². The SMILES string of the molecule is CCNC(CSc1nnnn1C)C1CCCCC1. The van der Waals surface area contributed by atoms with Crippen LogP contribution in [0, 0.1) is 5.92 Å². The number of hydrogen-bond donors (Lipinski definition) is 1. The molecule has 0 bridgehead atoms. The highest BCUT2D eigenvalue weighted by Crippen LogP contribution is 2.29. The monoisotopic (exact) mass is 269 g/mol. The lowest BCUT2D eigenvalue weighted by molar-refractivity contribution is 0.288. The van der Waals surface area contributed by atoms with Crippen molar-refractivity contribution in [2.45, 2.75) is 50.2 Å². The number of rotatable bonds is 6. The number of hydrogen-bond acceptors (Lipinski definition) is 5. The zero-order valence-corrected chi connectivity index (χ0v) is 12.1. The van der Waals surface area contributed by atoms with E-state index in [2.05, 4.69) is 27.8 Å². The predicted octanol–water partition coefficient (Wildman–Crippen LogP) is 1.86. The van der Waals surface area contributed by atoms with Crippen LogP contribution in [0.4, 0.5) is 0 Å². The minimum Gasteiger partial charge on any atom is -0.313 e. The second kappa shape index (κ2) is 7.09. The molecule has 0 spiro atoms. The number of aryl methyl sites for hydroxylation is 1. The number of aromatic nitrogens is 4. The Morgan fingerprint density at radius 1 is 1.39 bits per heavy atom. The van der Waals surface area contributed by atoms with Crippen molar-refractivity contribution in [2.24, 2.45) is 13.0 Å². The molecule has 0 radical (unpaired) electrons. The van der Waals surface area contributed by atoms with Crippen LogP contribution in [-0.2, 0) is 7.05 Å². The van der Waals surface area contributed by atoms with Crippen LogP contribution in [0.25, 0.3) is 0 Å². The van der Waals surface area contributed by atoms with Crippen LogP contribution in [0.5, 0.6) is 0 Å². The highest BCUT2D eigenvalue weighted by Gasteiger charge is 2.23. The molecule has 1 heterocycles. The van der Waals surface area contributed by atoms with E-state index in [4.69, 9.17) is 0 Å². The first-order valence-electron chi connectivity index (χ1n) is 6.89. The van der Waals surface area contributed by atoms with Crippen molar-refractivity contribution < 1.29 is 0 Å². The van der Waals surface area contributed by atoms with Crippen LogP contribution >= 0.6 is 11.8 Å². The Morgan fingerprint density at radius 2 is 2.17 bits per heavy atom. The van der Waals surface area contributed by atoms with Gasteiger partial charge in [-0.1, -0.05) is 37.9 Å². The molecule has 1 aliphatic rings. The molecule has 0 aliphatic heterocycles. The summed E-state index contributed by atoms with van der Waals surface area (Å²) in [7, 11) is 1.89. The first-order valence-corrected chi connectivity index (χ1v) is 7.88. The van der Waals surface area contributed by atoms with Crippen molar-refractivity contribution in [3.05, 3.63) is 0 Å². The predicted molar refractivity (Wildman–Crippen MR) is 73.6 cm³/mol. The lowest BCUT2D eigenvalue weighted by Crippen LogP contribution is -2.39. The Balaban J connectivity index is 1.87. The molecule has 0 amide bonds. The van der Waals surface area contributed by atoms with E-state index in [9.17, 15) is 0 Å². The molecule has 1 unspecified atom stereocenters. The lowest BCUT2D eigenvalue weighted by Gasteiger charge is -2.30. The van der Waals surface area contributed by atoms with E-state index in [1.165, 1.54) is 32.1 Å². The molecular weight excluding hydrogens is 246 g/mol. The van der Waals surface area contributed by atoms with Gasteiger partial charge in [-0.2, -0.15) is 0 Å². The average molecular weight is 269 g/mol. The Hall–Kier alpha value is -0.620. The Labute approximate surface area is 113 Å². The summed E-state index contributed by atoms with van der Waals surface area (Å²) in [5.41, 5.74) is 0. The van der Waals surface area contributed by atoms with Gasteiger partial charge in [-0.15, -0.1) is 5.10 Å². The first kappa shape index (κ1) is 13.8. The van der Waals surface area contributed by atoms with Crippen LogP contribution < -0.4 is 5.32 Å². The molecule has 1 N–H and O–H groups in total. The smallest absolute Gasteiger partial charge is 0.209 e. The maximum atomic E-state index is 4.03. The largest absolute Gasteiger partial charge is 0.313 e. The van der Waals surface area contributed by atoms with Crippen molar-refractivity contribution in [1.82, 2.24) is 25.5 Å². The van der Waals surface area contributed by atoms with Gasteiger partial charge in [-0.25, -0.2) is 4.68 Å². The third kappa shape index (κ3) is 3.68. The summed E-state index contributed by atoms with van der Waals surface area (Å²) in [5, 5.41) is 16.1. The van der Waals surface area contributed by atoms with E-state index in [1.54, 1.807) is 16.4 Å². The standard InChI is InChI=1S/C12H23N5S/c1-3-13-11(10-7-5-4-6-8-10)9-18-12-14-15-16-17(12)2/h10-11,13H,3-9H2,1-2H3. The van der Waals surface area contributed by atoms with E-state index in [0.29, 0.717) is 6.04 Å². The van der Waals surface area contributed by atoms with Gasteiger partial charge < -0.3 is 5.32 Å². The fourth-order valence-corrected chi connectivity index (χ4v) is 3.70. The van der Waals surface area contributed by atoms with Crippen LogP contribution in [0.1, 0.15) is 39.0 Å². The number of thioether (sulfide) groups is 1. The number of tetrazole rings is 1. The highest BCUT2D eigenvalue weighted by atomic mass is 32.2. The van der Waals surface area contributed by atoms with E-state index >= 15 is 0 Å². The van der Waals surface area contributed by atoms with Gasteiger partial charge in [0.05, 0.1) is 0 Å². The van der Waals surface area contributed by atoms with Gasteiger partial charge in [0.25, 0.3) is 0 Å². The molecule has 1 saturated carbocycles. The van der Waals surface area contributed by atoms with Crippen molar-refractivity contribution in [2.75, 3.05) is 12.3 Å². The molecule has 18 heavy (non-hydrogen) atoms. The second-order valence-corrected chi connectivity index (χ2v) is 5.95. The summed E-state index contributed by atoms with van der Waals surface area (Å²) < 4.78 is 1.74. The first-order chi connectivity index (χ1) is 8.81. The van der Waals surface area contributed by atoms with Crippen molar-refractivity contribution >= 4 is 11.8 Å². The third-order valence-corrected chi connectivity index (χ3v) is 4.79. The molecule has 1 aliphatic carbocycles. The van der Waals surface area contributed by atoms with E-state index in [0.717, 1.165) is 23.4 Å². The summed E-state index contributed by atoms with van der Waals surface area (Å²) in [6.45, 7) is 3.23. The Bertz CT molecular complexity index is 348. The molecule has 5 nitrogen and oxygen atoms in total. The van der Waals surface area contributed by atoms with Crippen LogP contribution in [0.15, 0.2) is 5.16 Å². The van der Waals surface area contributed by atoms with Gasteiger partial charge in [0.2, 0.25) is 5.16 Å². The van der Waals surface area contributed by atoms with Crippen LogP contribution in [0.2, 0.25) is 0 Å². The summed E-state index contributed by atoms with van der Waals surface area (Å²) in [4.78, 5) is 0. The number of nitrogens with one attached hydrogen (secondary N) is 1. The molecule has 2 rings (SSSR count). The quantitative estimate of drug-likeness (QED) is 0.799. The molecule has 0 aromatic carbocycles. The maximum Gasteiger partial charge on any atom is 0.209 e. The van der Waals surface area contributed by atoms with E-state index in [-0.39, 0.29) is 0 Å². The second-order valence-electron chi connectivity index (χ2n) is 4.96. The lowest BCUT2D eigenvalue weighted by atomic mass is 9.84. The maximum absolute atomic E-state index is 4.03. The molecule has 1 atom stereocenters. The van der Waals surface area contributed by atoms with Crippen molar-refractivity contribution in [3.8, 4) is 0 Å². The van der Waals surface area contributed by atoms with Crippen LogP contribution in [-0.4, -0.2) is 38.5 Å². The molecule has 0 saturated heterocycles. The minimum absolute atomic E-state index is 0.594. The van der Waals surface area contributed by atoms with Gasteiger partial charge in [0, 0.05) is 18.8 Å². The number of nitrogens with zero attached hydrogens (tertiary/aromatic N) is 4. The van der Waals surface area contributed by atoms with Crippen LogP contribution in [0.3, 0.4) is 0 Å². The Morgan fingerprint density at radius 3 is 2.78 bits per heavy atom. The van der Waals surface area contributed by atoms with E-state index < -0.39 is 0 Å². The molecule has 102 valence electrons. The molecule has 1 aromatic heterocycles. The van der Waals surface area contributed by atoms with Gasteiger partial charge >= 0.3 is 0 Å². The van der Waals surface area contributed by atoms with Gasteiger partial charge in [-0.3, -0.25) is 0 Å². The summed E-state index contributed by atoms with van der Waals surface area (Å²) in [6, 6.07) is 0.594. The molecular formula is C12H23N5S. The average Bonchev–Trinajstić information content (AvgIpc) is 2.81. The fourth-order valence-electron chi connectivity index (χ4n) is 2.67. The van der Waals surface area contributed by atoms with Crippen molar-refractivity contribution in [3.63, 3.8) is 0 Å². The highest BCUT2D eigenvalue weighted by molar-refractivity contribution is 7.99. The topological polar surface area (TPSA) is 55.6 Å². The Kier molecular flexibility index (Phi) is 5.44. The third-order valence-electron chi connectivity index (χ3n) is 3.66. The summed E-state index contributed by atoms with van der Waals surface area (Å²) >= 11 is 1.76. The summed E-state index contributed by atoms with van der Waals surface area (Å²) in [5.74, 6) is 1.89. The molecule has 1 aromatic rings. The minimum atomic E-state index is 0.594. The summed E-state index contributed by atoms with van der Waals surface area (Å²) in [6.07, 6.45) is 6.94. The zero-order chi connectivity index (χ0) is 12.8. The fraction of sp³-hybridized carbons (Fsp3) is 0.917. The molecule has 6 heteroatoms. The van der Waals surface area contributed by atoms with Crippen molar-refractivity contribution in [1.29, 1.82) is 0 Å². The van der Waals surface area contributed by atoms with Gasteiger partial charge in [-0.05, 0) is 35.7 Å². The van der Waals surface area contributed by atoms with Gasteiger partial charge in [0.15, 0.2) is 0 Å². The molecule has 1 fully saturated rings. The van der Waals surface area contributed by atoms with E-state index in [1.807, 2.05) is 7.05 Å². The zero-order valence-electron chi connectivity index (χ0n) is 11.3. The normalized spacial score (nSPS) is 19.0.